The zero-order valence-corrected chi connectivity index (χ0v) is 13.0. The molecule has 5 heteroatoms. The fourth-order valence-corrected chi connectivity index (χ4v) is 2.95. The largest absolute Gasteiger partial charge is 0.368 e. The molecular weight excluding hydrogens is 296 g/mol. The van der Waals surface area contributed by atoms with Crippen molar-refractivity contribution in [3.63, 3.8) is 0 Å². The van der Waals surface area contributed by atoms with Gasteiger partial charge in [-0.15, -0.1) is 11.8 Å². The number of carbonyl (C=O) groups excluding carboxylic acids is 2. The maximum atomic E-state index is 12.5. The summed E-state index contributed by atoms with van der Waals surface area (Å²) in [6.07, 6.45) is 0. The van der Waals surface area contributed by atoms with E-state index in [1.165, 1.54) is 11.8 Å². The smallest absolute Gasteiger partial charge is 0.239 e. The quantitative estimate of drug-likeness (QED) is 0.805. The van der Waals surface area contributed by atoms with E-state index in [1.54, 1.807) is 6.92 Å². The number of thioether (sulfide) groups is 1. The molecule has 0 radical (unpaired) electrons. The summed E-state index contributed by atoms with van der Waals surface area (Å²) < 4.78 is 0. The first-order chi connectivity index (χ1) is 10.6. The van der Waals surface area contributed by atoms with Crippen molar-refractivity contribution in [2.45, 2.75) is 23.1 Å². The lowest BCUT2D eigenvalue weighted by atomic mass is 10.1. The third kappa shape index (κ3) is 4.36. The molecule has 2 aromatic rings. The first-order valence-corrected chi connectivity index (χ1v) is 7.82. The molecule has 0 saturated heterocycles. The molecule has 2 atom stereocenters. The van der Waals surface area contributed by atoms with Crippen molar-refractivity contribution in [2.75, 3.05) is 0 Å². The lowest BCUT2D eigenvalue weighted by Crippen LogP contribution is -2.43. The second kappa shape index (κ2) is 7.66. The molecule has 2 rings (SSSR count). The van der Waals surface area contributed by atoms with Crippen LogP contribution in [0.2, 0.25) is 0 Å². The van der Waals surface area contributed by atoms with E-state index in [0.717, 1.165) is 10.5 Å². The Labute approximate surface area is 134 Å². The Balaban J connectivity index is 2.22. The molecule has 0 saturated carbocycles. The second-order valence-corrected chi connectivity index (χ2v) is 6.03. The number of nitrogens with one attached hydrogen (secondary N) is 1. The van der Waals surface area contributed by atoms with Crippen LogP contribution in [0.5, 0.6) is 0 Å². The molecule has 0 spiro atoms. The van der Waals surface area contributed by atoms with E-state index in [9.17, 15) is 9.59 Å². The third-order valence-corrected chi connectivity index (χ3v) is 4.39. The molecule has 2 aromatic carbocycles. The highest BCUT2D eigenvalue weighted by Gasteiger charge is 2.24. The van der Waals surface area contributed by atoms with Crippen LogP contribution in [0.3, 0.4) is 0 Å². The molecule has 0 aliphatic carbocycles. The number of carbonyl (C=O) groups is 2. The van der Waals surface area contributed by atoms with Crippen LogP contribution >= 0.6 is 11.8 Å². The van der Waals surface area contributed by atoms with Gasteiger partial charge in [-0.25, -0.2) is 0 Å². The third-order valence-electron chi connectivity index (χ3n) is 3.12. The van der Waals surface area contributed by atoms with Crippen LogP contribution in [-0.2, 0) is 9.59 Å². The summed E-state index contributed by atoms with van der Waals surface area (Å²) in [4.78, 5) is 24.7. The number of hydrogen-bond donors (Lipinski definition) is 2. The standard InChI is InChI=1S/C17H18N2O2S/c1-12(16(18)20)19-17(21)15(13-8-4-2-5-9-13)22-14-10-6-3-7-11-14/h2-12,15H,1H3,(H2,18,20)(H,19,21)/t12-,15-/m1/s1. The minimum absolute atomic E-state index is 0.230. The summed E-state index contributed by atoms with van der Waals surface area (Å²) in [5, 5.41) is 2.22. The Hall–Kier alpha value is -2.27. The van der Waals surface area contributed by atoms with Crippen molar-refractivity contribution in [3.8, 4) is 0 Å². The molecule has 3 N–H and O–H groups in total. The summed E-state index contributed by atoms with van der Waals surface area (Å²) in [6.45, 7) is 1.58. The van der Waals surface area contributed by atoms with E-state index < -0.39 is 17.2 Å². The van der Waals surface area contributed by atoms with Crippen molar-refractivity contribution >= 4 is 23.6 Å². The highest BCUT2D eigenvalue weighted by atomic mass is 32.2. The number of rotatable bonds is 6. The zero-order chi connectivity index (χ0) is 15.9. The summed E-state index contributed by atoms with van der Waals surface area (Å²) in [5.74, 6) is -0.781. The fraction of sp³-hybridized carbons (Fsp3) is 0.176. The van der Waals surface area contributed by atoms with Gasteiger partial charge in [0.2, 0.25) is 11.8 Å². The Kier molecular flexibility index (Phi) is 5.61. The van der Waals surface area contributed by atoms with Crippen LogP contribution in [0, 0.1) is 0 Å². The molecule has 22 heavy (non-hydrogen) atoms. The lowest BCUT2D eigenvalue weighted by molar-refractivity contribution is -0.126. The van der Waals surface area contributed by atoms with Gasteiger partial charge in [0, 0.05) is 4.90 Å². The first kappa shape index (κ1) is 16.1. The number of amides is 2. The first-order valence-electron chi connectivity index (χ1n) is 6.94. The topological polar surface area (TPSA) is 72.2 Å². The van der Waals surface area contributed by atoms with Crippen molar-refractivity contribution in [3.05, 3.63) is 66.2 Å². The lowest BCUT2D eigenvalue weighted by Gasteiger charge is -2.19. The van der Waals surface area contributed by atoms with E-state index in [-0.39, 0.29) is 5.91 Å². The molecule has 114 valence electrons. The molecular formula is C17H18N2O2S. The van der Waals surface area contributed by atoms with Crippen LogP contribution in [0.4, 0.5) is 0 Å². The van der Waals surface area contributed by atoms with Gasteiger partial charge >= 0.3 is 0 Å². The molecule has 0 bridgehead atoms. The van der Waals surface area contributed by atoms with Crippen LogP contribution in [-0.4, -0.2) is 17.9 Å². The average Bonchev–Trinajstić information content (AvgIpc) is 2.54. The Bertz CT molecular complexity index is 632. The summed E-state index contributed by atoms with van der Waals surface area (Å²) in [6, 6.07) is 18.4. The molecule has 0 aliphatic rings. The Morgan fingerprint density at radius 1 is 1.00 bits per heavy atom. The predicted octanol–water partition coefficient (Wildman–Crippen LogP) is 2.51. The van der Waals surface area contributed by atoms with Crippen molar-refractivity contribution in [2.24, 2.45) is 5.73 Å². The van der Waals surface area contributed by atoms with Gasteiger partial charge < -0.3 is 11.1 Å². The highest BCUT2D eigenvalue weighted by molar-refractivity contribution is 8.00. The van der Waals surface area contributed by atoms with E-state index in [4.69, 9.17) is 5.73 Å². The van der Waals surface area contributed by atoms with Crippen molar-refractivity contribution in [1.82, 2.24) is 5.32 Å². The molecule has 0 fully saturated rings. The number of nitrogens with two attached hydrogens (primary N) is 1. The SMILES string of the molecule is C[C@@H](NC(=O)[C@H](Sc1ccccc1)c1ccccc1)C(N)=O. The number of primary amides is 1. The molecule has 0 heterocycles. The van der Waals surface area contributed by atoms with E-state index in [1.807, 2.05) is 60.7 Å². The normalized spacial score (nSPS) is 13.1. The minimum Gasteiger partial charge on any atom is -0.368 e. The molecule has 4 nitrogen and oxygen atoms in total. The summed E-state index contributed by atoms with van der Waals surface area (Å²) >= 11 is 1.44. The van der Waals surface area contributed by atoms with Gasteiger partial charge in [-0.05, 0) is 24.6 Å². The minimum atomic E-state index is -0.699. The molecule has 0 aliphatic heterocycles. The monoisotopic (exact) mass is 314 g/mol. The predicted molar refractivity (Wildman–Crippen MR) is 88.3 cm³/mol. The number of benzene rings is 2. The van der Waals surface area contributed by atoms with E-state index in [0.29, 0.717) is 0 Å². The molecule has 0 unspecified atom stereocenters. The van der Waals surface area contributed by atoms with Crippen LogP contribution in [0.25, 0.3) is 0 Å². The summed E-state index contributed by atoms with van der Waals surface area (Å²) in [5.41, 5.74) is 6.10. The fourth-order valence-electron chi connectivity index (χ4n) is 1.90. The summed E-state index contributed by atoms with van der Waals surface area (Å²) in [7, 11) is 0. The maximum absolute atomic E-state index is 12.5. The average molecular weight is 314 g/mol. The van der Waals surface area contributed by atoms with Gasteiger partial charge in [0.15, 0.2) is 0 Å². The van der Waals surface area contributed by atoms with E-state index in [2.05, 4.69) is 5.32 Å². The number of hydrogen-bond acceptors (Lipinski definition) is 3. The van der Waals surface area contributed by atoms with Crippen molar-refractivity contribution in [1.29, 1.82) is 0 Å². The van der Waals surface area contributed by atoms with Gasteiger partial charge in [-0.2, -0.15) is 0 Å². The Morgan fingerprint density at radius 2 is 1.55 bits per heavy atom. The second-order valence-electron chi connectivity index (χ2n) is 4.85. The van der Waals surface area contributed by atoms with Crippen molar-refractivity contribution < 1.29 is 9.59 Å². The van der Waals surface area contributed by atoms with E-state index >= 15 is 0 Å². The molecule has 2 amide bonds. The zero-order valence-electron chi connectivity index (χ0n) is 12.2. The highest BCUT2D eigenvalue weighted by Crippen LogP contribution is 2.35. The van der Waals surface area contributed by atoms with Crippen LogP contribution < -0.4 is 11.1 Å². The van der Waals surface area contributed by atoms with Gasteiger partial charge in [0.25, 0.3) is 0 Å². The molecule has 0 aromatic heterocycles. The van der Waals surface area contributed by atoms with Crippen LogP contribution in [0.15, 0.2) is 65.6 Å². The van der Waals surface area contributed by atoms with Gasteiger partial charge in [-0.1, -0.05) is 48.5 Å². The van der Waals surface area contributed by atoms with Crippen LogP contribution in [0.1, 0.15) is 17.7 Å². The Morgan fingerprint density at radius 3 is 2.09 bits per heavy atom. The maximum Gasteiger partial charge on any atom is 0.239 e. The van der Waals surface area contributed by atoms with Gasteiger partial charge in [-0.3, -0.25) is 9.59 Å². The van der Waals surface area contributed by atoms with Gasteiger partial charge in [0.05, 0.1) is 0 Å². The van der Waals surface area contributed by atoms with Gasteiger partial charge in [0.1, 0.15) is 11.3 Å².